The van der Waals surface area contributed by atoms with Crippen LogP contribution in [0.1, 0.15) is 47.5 Å². The summed E-state index contributed by atoms with van der Waals surface area (Å²) in [7, 11) is -2.47. The molecule has 1 aliphatic rings. The van der Waals surface area contributed by atoms with E-state index in [0.29, 0.717) is 30.0 Å². The van der Waals surface area contributed by atoms with Crippen LogP contribution in [0.15, 0.2) is 61.3 Å². The average molecular weight is 697 g/mol. The molecule has 0 radical (unpaired) electrons. The van der Waals surface area contributed by atoms with Crippen molar-refractivity contribution in [1.82, 2.24) is 14.9 Å². The number of rotatable bonds is 12. The van der Waals surface area contributed by atoms with Crippen LogP contribution in [0.3, 0.4) is 0 Å². The summed E-state index contributed by atoms with van der Waals surface area (Å²) in [6, 6.07) is 10.5. The summed E-state index contributed by atoms with van der Waals surface area (Å²) in [5.74, 6) is -1.79. The summed E-state index contributed by atoms with van der Waals surface area (Å²) in [6.45, 7) is 17.3. The third-order valence-corrected chi connectivity index (χ3v) is 12.0. The predicted molar refractivity (Wildman–Crippen MR) is 189 cm³/mol. The standard InChI is InChI=1S/C35H46F2N6O5Si/c1-9-30(44)39-23-11-10-12-24(16-23)40-31-28(37)19-38-32(42-31)41-25-13-14-29(27(36)17-25)47-21-26-15-22(18-35(5,6)49(7,8)46)20-43(26)33(45)48-34(2,3)4/h9-14,16-17,19,22,26,46H,1,15,18,20-21H2,2-8H3,(H,39,44)(H2,38,40,41,42)/t22-,26-/m0/s1. The first-order valence-electron chi connectivity index (χ1n) is 16.1. The molecule has 2 aromatic carbocycles. The maximum absolute atomic E-state index is 15.3. The number of hydrogen-bond acceptors (Lipinski definition) is 9. The molecule has 2 heterocycles. The molecule has 0 aliphatic carbocycles. The largest absolute Gasteiger partial charge is 0.488 e. The van der Waals surface area contributed by atoms with Crippen molar-refractivity contribution in [3.8, 4) is 5.75 Å². The van der Waals surface area contributed by atoms with Gasteiger partial charge in [-0.05, 0) is 94.1 Å². The molecule has 1 saturated heterocycles. The summed E-state index contributed by atoms with van der Waals surface area (Å²) in [5.41, 5.74) is 0.544. The number of nitrogens with zero attached hydrogens (tertiary/aromatic N) is 3. The average Bonchev–Trinajstić information content (AvgIpc) is 3.39. The minimum atomic E-state index is -2.47. The molecule has 0 bridgehead atoms. The zero-order valence-electron chi connectivity index (χ0n) is 29.1. The summed E-state index contributed by atoms with van der Waals surface area (Å²) in [4.78, 5) is 45.4. The number of benzene rings is 2. The summed E-state index contributed by atoms with van der Waals surface area (Å²) >= 11 is 0. The van der Waals surface area contributed by atoms with Crippen LogP contribution in [0.5, 0.6) is 5.75 Å². The van der Waals surface area contributed by atoms with Gasteiger partial charge in [-0.25, -0.2) is 18.6 Å². The van der Waals surface area contributed by atoms with Crippen LogP contribution in [0.4, 0.5) is 42.4 Å². The van der Waals surface area contributed by atoms with Crippen LogP contribution >= 0.6 is 0 Å². The molecule has 11 nitrogen and oxygen atoms in total. The molecule has 49 heavy (non-hydrogen) atoms. The highest BCUT2D eigenvalue weighted by Gasteiger charge is 2.44. The molecule has 0 unspecified atom stereocenters. The van der Waals surface area contributed by atoms with Crippen molar-refractivity contribution in [3.05, 3.63) is 73.0 Å². The fourth-order valence-electron chi connectivity index (χ4n) is 5.37. The summed E-state index contributed by atoms with van der Waals surface area (Å²) in [6.07, 6.45) is 3.02. The number of halogens is 2. The SMILES string of the molecule is C=CC(=O)Nc1cccc(Nc2nc(Nc3ccc(OC[C@@H]4C[C@@H](CC(C)(C)[Si](C)(C)O)CN4C(=O)OC(C)(C)C)c(F)c3)ncc2F)c1. The number of ether oxygens (including phenoxy) is 2. The Morgan fingerprint density at radius 1 is 1.06 bits per heavy atom. The van der Waals surface area contributed by atoms with Crippen LogP contribution in [-0.2, 0) is 9.53 Å². The van der Waals surface area contributed by atoms with Gasteiger partial charge in [-0.1, -0.05) is 26.5 Å². The Bertz CT molecular complexity index is 1680. The maximum atomic E-state index is 15.3. The topological polar surface area (TPSA) is 138 Å². The van der Waals surface area contributed by atoms with Crippen molar-refractivity contribution in [2.45, 2.75) is 77.2 Å². The zero-order chi connectivity index (χ0) is 36.1. The third-order valence-electron chi connectivity index (χ3n) is 8.53. The van der Waals surface area contributed by atoms with E-state index in [4.69, 9.17) is 9.47 Å². The van der Waals surface area contributed by atoms with Gasteiger partial charge in [0.25, 0.3) is 0 Å². The van der Waals surface area contributed by atoms with Gasteiger partial charge in [0.2, 0.25) is 11.9 Å². The number of nitrogens with one attached hydrogen (secondary N) is 3. The molecule has 2 atom stereocenters. The highest BCUT2D eigenvalue weighted by molar-refractivity contribution is 6.72. The molecule has 1 aromatic heterocycles. The van der Waals surface area contributed by atoms with E-state index in [1.807, 2.05) is 13.1 Å². The maximum Gasteiger partial charge on any atom is 0.410 e. The lowest BCUT2D eigenvalue weighted by atomic mass is 9.94. The van der Waals surface area contributed by atoms with Gasteiger partial charge in [0.1, 0.15) is 12.2 Å². The van der Waals surface area contributed by atoms with Gasteiger partial charge in [0.05, 0.1) is 12.2 Å². The molecule has 4 N–H and O–H groups in total. The smallest absolute Gasteiger partial charge is 0.410 e. The Hall–Kier alpha value is -4.56. The van der Waals surface area contributed by atoms with E-state index < -0.39 is 31.6 Å². The van der Waals surface area contributed by atoms with Crippen LogP contribution < -0.4 is 20.7 Å². The molecule has 264 valence electrons. The van der Waals surface area contributed by atoms with E-state index in [-0.39, 0.29) is 47.0 Å². The molecule has 14 heteroatoms. The molecule has 1 aliphatic heterocycles. The number of aromatic nitrogens is 2. The number of anilines is 5. The number of amides is 2. The van der Waals surface area contributed by atoms with Gasteiger partial charge < -0.3 is 35.1 Å². The molecule has 3 aromatic rings. The number of carbonyl (C=O) groups is 2. The lowest BCUT2D eigenvalue weighted by Crippen LogP contribution is -2.42. The zero-order valence-corrected chi connectivity index (χ0v) is 30.1. The van der Waals surface area contributed by atoms with E-state index in [9.17, 15) is 18.8 Å². The third kappa shape index (κ3) is 10.2. The van der Waals surface area contributed by atoms with Gasteiger partial charge in [-0.15, -0.1) is 0 Å². The van der Waals surface area contributed by atoms with E-state index in [0.717, 1.165) is 18.7 Å². The monoisotopic (exact) mass is 696 g/mol. The van der Waals surface area contributed by atoms with Crippen molar-refractivity contribution < 1.29 is 32.6 Å². The van der Waals surface area contributed by atoms with Crippen molar-refractivity contribution in [1.29, 1.82) is 0 Å². The number of carbonyl (C=O) groups excluding carboxylic acids is 2. The van der Waals surface area contributed by atoms with Crippen molar-refractivity contribution in [3.63, 3.8) is 0 Å². The number of likely N-dealkylation sites (tertiary alicyclic amines) is 1. The lowest BCUT2D eigenvalue weighted by molar-refractivity contribution is -0.111. The van der Waals surface area contributed by atoms with Crippen LogP contribution in [-0.4, -0.2) is 64.8 Å². The molecule has 1 fully saturated rings. The van der Waals surface area contributed by atoms with E-state index >= 15 is 4.39 Å². The molecule has 0 saturated carbocycles. The van der Waals surface area contributed by atoms with Gasteiger partial charge in [0, 0.05) is 29.7 Å². The number of hydrogen-bond donors (Lipinski definition) is 4. The first kappa shape index (κ1) is 37.3. The Morgan fingerprint density at radius 2 is 1.76 bits per heavy atom. The molecular formula is C35H46F2N6O5Si. The van der Waals surface area contributed by atoms with E-state index in [1.165, 1.54) is 12.1 Å². The summed E-state index contributed by atoms with van der Waals surface area (Å²) in [5, 5.41) is 8.08. The van der Waals surface area contributed by atoms with E-state index in [1.54, 1.807) is 56.0 Å². The molecule has 0 spiro atoms. The molecule has 4 rings (SSSR count). The first-order chi connectivity index (χ1) is 22.8. The fraction of sp³-hybridized carbons (Fsp3) is 0.429. The predicted octanol–water partition coefficient (Wildman–Crippen LogP) is 7.74. The lowest BCUT2D eigenvalue weighted by Gasteiger charge is -2.37. The highest BCUT2D eigenvalue weighted by atomic mass is 28.4. The highest BCUT2D eigenvalue weighted by Crippen LogP contribution is 2.44. The van der Waals surface area contributed by atoms with Crippen molar-refractivity contribution in [2.24, 2.45) is 5.92 Å². The van der Waals surface area contributed by atoms with Gasteiger partial charge in [-0.3, -0.25) is 4.79 Å². The van der Waals surface area contributed by atoms with Gasteiger partial charge in [-0.2, -0.15) is 4.98 Å². The van der Waals surface area contributed by atoms with E-state index in [2.05, 4.69) is 46.3 Å². The second-order valence-corrected chi connectivity index (χ2v) is 18.9. The normalized spacial score (nSPS) is 16.6. The second-order valence-electron chi connectivity index (χ2n) is 14.4. The Morgan fingerprint density at radius 3 is 2.41 bits per heavy atom. The van der Waals surface area contributed by atoms with Crippen LogP contribution in [0.25, 0.3) is 0 Å². The minimum absolute atomic E-state index is 0.00632. The van der Waals surface area contributed by atoms with Crippen LogP contribution in [0.2, 0.25) is 18.1 Å². The second kappa shape index (κ2) is 14.9. The molecule has 2 amide bonds. The minimum Gasteiger partial charge on any atom is -0.488 e. The van der Waals surface area contributed by atoms with Crippen molar-refractivity contribution >= 4 is 49.1 Å². The van der Waals surface area contributed by atoms with Gasteiger partial charge >= 0.3 is 6.09 Å². The quantitative estimate of drug-likeness (QED) is 0.111. The summed E-state index contributed by atoms with van der Waals surface area (Å²) < 4.78 is 41.4. The Kier molecular flexibility index (Phi) is 11.3. The first-order valence-corrected chi connectivity index (χ1v) is 19.0. The van der Waals surface area contributed by atoms with Gasteiger partial charge in [0.15, 0.2) is 31.5 Å². The molecular weight excluding hydrogens is 651 g/mol. The Labute approximate surface area is 287 Å². The fourth-order valence-corrected chi connectivity index (χ4v) is 6.15. The Balaban J connectivity index is 1.43. The van der Waals surface area contributed by atoms with Crippen LogP contribution in [0, 0.1) is 17.6 Å². The van der Waals surface area contributed by atoms with Crippen molar-refractivity contribution in [2.75, 3.05) is 29.1 Å².